The Hall–Kier alpha value is -1.53. The minimum atomic E-state index is -4.57. The van der Waals surface area contributed by atoms with Gasteiger partial charge in [0.25, 0.3) is 5.56 Å². The molecule has 1 N–H and O–H groups in total. The van der Waals surface area contributed by atoms with Crippen molar-refractivity contribution in [3.8, 4) is 0 Å². The third-order valence-electron chi connectivity index (χ3n) is 2.92. The summed E-state index contributed by atoms with van der Waals surface area (Å²) in [6.07, 6.45) is -1.84. The number of alkyl halides is 3. The van der Waals surface area contributed by atoms with Gasteiger partial charge in [0.2, 0.25) is 0 Å². The lowest BCUT2D eigenvalue weighted by Gasteiger charge is -2.25. The lowest BCUT2D eigenvalue weighted by atomic mass is 9.83. The molecule has 1 fully saturated rings. The molecule has 0 aliphatic heterocycles. The summed E-state index contributed by atoms with van der Waals surface area (Å²) in [5, 5.41) is 0. The Labute approximate surface area is 94.1 Å². The Bertz CT molecular complexity index is 494. The molecule has 1 aromatic heterocycles. The molecular weight excluding hydrogens is 237 g/mol. The molecule has 0 unspecified atom stereocenters. The van der Waals surface area contributed by atoms with Crippen LogP contribution in [0.5, 0.6) is 0 Å². The minimum absolute atomic E-state index is 0.107. The van der Waals surface area contributed by atoms with Crippen LogP contribution in [0.4, 0.5) is 13.2 Å². The Balaban J connectivity index is 2.36. The average molecular weight is 248 g/mol. The molecule has 1 aliphatic carbocycles. The zero-order chi connectivity index (χ0) is 12.6. The second-order valence-electron chi connectivity index (χ2n) is 4.20. The van der Waals surface area contributed by atoms with Gasteiger partial charge in [0, 0.05) is 11.8 Å². The van der Waals surface area contributed by atoms with Crippen LogP contribution in [0.1, 0.15) is 30.9 Å². The highest BCUT2D eigenvalue weighted by Gasteiger charge is 2.30. The highest BCUT2D eigenvalue weighted by molar-refractivity contribution is 5.09. The molecular formula is C10H11F3N2O2. The zero-order valence-electron chi connectivity index (χ0n) is 8.88. The Morgan fingerprint density at radius 2 is 2.00 bits per heavy atom. The van der Waals surface area contributed by atoms with Crippen molar-refractivity contribution >= 4 is 0 Å². The fourth-order valence-corrected chi connectivity index (χ4v) is 1.81. The predicted molar refractivity (Wildman–Crippen MR) is 54.0 cm³/mol. The van der Waals surface area contributed by atoms with Crippen LogP contribution >= 0.6 is 0 Å². The van der Waals surface area contributed by atoms with Gasteiger partial charge in [-0.2, -0.15) is 13.2 Å². The van der Waals surface area contributed by atoms with E-state index in [0.717, 1.165) is 25.3 Å². The first-order valence-electron chi connectivity index (χ1n) is 5.27. The second-order valence-corrected chi connectivity index (χ2v) is 4.20. The summed E-state index contributed by atoms with van der Waals surface area (Å²) in [4.78, 5) is 25.2. The summed E-state index contributed by atoms with van der Waals surface area (Å²) in [6.45, 7) is -1.55. The van der Waals surface area contributed by atoms with Gasteiger partial charge in [0.1, 0.15) is 6.54 Å². The van der Waals surface area contributed by atoms with Crippen LogP contribution in [0.15, 0.2) is 15.7 Å². The number of aromatic nitrogens is 2. The number of nitrogens with one attached hydrogen (secondary N) is 1. The Morgan fingerprint density at radius 1 is 1.35 bits per heavy atom. The van der Waals surface area contributed by atoms with Crippen molar-refractivity contribution in [2.24, 2.45) is 0 Å². The van der Waals surface area contributed by atoms with Crippen molar-refractivity contribution < 1.29 is 13.2 Å². The number of H-pyrrole nitrogens is 1. The maximum absolute atomic E-state index is 12.1. The van der Waals surface area contributed by atoms with Crippen molar-refractivity contribution in [2.45, 2.75) is 37.9 Å². The second kappa shape index (κ2) is 4.05. The molecule has 0 atom stereocenters. The summed E-state index contributed by atoms with van der Waals surface area (Å²) in [5.41, 5.74) is -1.44. The third-order valence-corrected chi connectivity index (χ3v) is 2.92. The van der Waals surface area contributed by atoms with Crippen LogP contribution in [-0.4, -0.2) is 15.7 Å². The van der Waals surface area contributed by atoms with Gasteiger partial charge in [0.05, 0.1) is 0 Å². The summed E-state index contributed by atoms with van der Waals surface area (Å²) in [7, 11) is 0. The Kier molecular flexibility index (Phi) is 2.84. The predicted octanol–water partition coefficient (Wildman–Crippen LogP) is 1.37. The molecule has 0 bridgehead atoms. The minimum Gasteiger partial charge on any atom is -0.311 e. The Morgan fingerprint density at radius 3 is 2.41 bits per heavy atom. The molecule has 0 spiro atoms. The van der Waals surface area contributed by atoms with Crippen molar-refractivity contribution in [1.29, 1.82) is 0 Å². The van der Waals surface area contributed by atoms with E-state index in [4.69, 9.17) is 0 Å². The summed E-state index contributed by atoms with van der Waals surface area (Å²) in [5.74, 6) is 0.107. The van der Waals surface area contributed by atoms with E-state index in [0.29, 0.717) is 5.69 Å². The van der Waals surface area contributed by atoms with Gasteiger partial charge in [0.15, 0.2) is 0 Å². The van der Waals surface area contributed by atoms with E-state index in [-0.39, 0.29) is 10.5 Å². The monoisotopic (exact) mass is 248 g/mol. The third kappa shape index (κ3) is 2.59. The first-order chi connectivity index (χ1) is 7.87. The number of rotatable bonds is 2. The lowest BCUT2D eigenvalue weighted by Crippen LogP contribution is -2.40. The fraction of sp³-hybridized carbons (Fsp3) is 0.600. The normalized spacial score (nSPS) is 16.9. The van der Waals surface area contributed by atoms with Crippen LogP contribution < -0.4 is 11.2 Å². The summed E-state index contributed by atoms with van der Waals surface area (Å²) >= 11 is 0. The smallest absolute Gasteiger partial charge is 0.311 e. The van der Waals surface area contributed by atoms with E-state index >= 15 is 0 Å². The van der Waals surface area contributed by atoms with Crippen molar-refractivity contribution in [3.05, 3.63) is 32.6 Å². The van der Waals surface area contributed by atoms with E-state index in [1.807, 2.05) is 0 Å². The molecule has 0 radical (unpaired) electrons. The van der Waals surface area contributed by atoms with Gasteiger partial charge < -0.3 is 4.98 Å². The molecule has 1 saturated carbocycles. The highest BCUT2D eigenvalue weighted by Crippen LogP contribution is 2.34. The number of aromatic amines is 1. The van der Waals surface area contributed by atoms with E-state index in [1.54, 1.807) is 0 Å². The van der Waals surface area contributed by atoms with Crippen LogP contribution in [0.25, 0.3) is 0 Å². The molecule has 1 aromatic rings. The number of hydrogen-bond acceptors (Lipinski definition) is 2. The molecule has 1 heterocycles. The molecule has 17 heavy (non-hydrogen) atoms. The van der Waals surface area contributed by atoms with Gasteiger partial charge in [-0.05, 0) is 18.8 Å². The van der Waals surface area contributed by atoms with Crippen molar-refractivity contribution in [2.75, 3.05) is 0 Å². The van der Waals surface area contributed by atoms with E-state index in [9.17, 15) is 22.8 Å². The van der Waals surface area contributed by atoms with E-state index in [2.05, 4.69) is 4.98 Å². The molecule has 94 valence electrons. The first kappa shape index (κ1) is 11.9. The topological polar surface area (TPSA) is 54.9 Å². The van der Waals surface area contributed by atoms with Crippen LogP contribution in [0, 0.1) is 0 Å². The molecule has 0 aromatic carbocycles. The standard InChI is InChI=1S/C10H11F3N2O2/c11-10(12,13)5-15-8(16)4-7(14-9(15)17)6-2-1-3-6/h4,6H,1-3,5H2,(H,14,17). The maximum atomic E-state index is 12.1. The number of halogens is 3. The molecule has 7 heteroatoms. The fourth-order valence-electron chi connectivity index (χ4n) is 1.81. The quantitative estimate of drug-likeness (QED) is 0.859. The first-order valence-corrected chi connectivity index (χ1v) is 5.27. The SMILES string of the molecule is O=c1cc(C2CCC2)[nH]c(=O)n1CC(F)(F)F. The van der Waals surface area contributed by atoms with Crippen molar-refractivity contribution in [1.82, 2.24) is 9.55 Å². The van der Waals surface area contributed by atoms with E-state index < -0.39 is 24.0 Å². The molecule has 2 rings (SSSR count). The molecule has 0 saturated heterocycles. The summed E-state index contributed by atoms with van der Waals surface area (Å²) < 4.78 is 36.5. The van der Waals surface area contributed by atoms with Gasteiger partial charge >= 0.3 is 11.9 Å². The molecule has 0 amide bonds. The number of nitrogens with zero attached hydrogens (tertiary/aromatic N) is 1. The number of hydrogen-bond donors (Lipinski definition) is 1. The van der Waals surface area contributed by atoms with Gasteiger partial charge in [-0.25, -0.2) is 4.79 Å². The van der Waals surface area contributed by atoms with Crippen LogP contribution in [-0.2, 0) is 6.54 Å². The van der Waals surface area contributed by atoms with Gasteiger partial charge in [-0.15, -0.1) is 0 Å². The average Bonchev–Trinajstić information content (AvgIpc) is 2.07. The maximum Gasteiger partial charge on any atom is 0.406 e. The molecule has 1 aliphatic rings. The highest BCUT2D eigenvalue weighted by atomic mass is 19.4. The largest absolute Gasteiger partial charge is 0.406 e. The lowest BCUT2D eigenvalue weighted by molar-refractivity contribution is -0.141. The van der Waals surface area contributed by atoms with Crippen LogP contribution in [0.2, 0.25) is 0 Å². The zero-order valence-corrected chi connectivity index (χ0v) is 8.88. The van der Waals surface area contributed by atoms with Crippen LogP contribution in [0.3, 0.4) is 0 Å². The van der Waals surface area contributed by atoms with Crippen molar-refractivity contribution in [3.63, 3.8) is 0 Å². The van der Waals surface area contributed by atoms with E-state index in [1.165, 1.54) is 0 Å². The van der Waals surface area contributed by atoms with Gasteiger partial charge in [-0.1, -0.05) is 6.42 Å². The molecule has 4 nitrogen and oxygen atoms in total. The summed E-state index contributed by atoms with van der Waals surface area (Å²) in [6, 6.07) is 1.09. The van der Waals surface area contributed by atoms with Gasteiger partial charge in [-0.3, -0.25) is 9.36 Å².